The normalized spacial score (nSPS) is 12.7. The summed E-state index contributed by atoms with van der Waals surface area (Å²) in [5, 5.41) is 10.1. The highest BCUT2D eigenvalue weighted by Crippen LogP contribution is 2.21. The first kappa shape index (κ1) is 10.7. The lowest BCUT2D eigenvalue weighted by Gasteiger charge is -2.10. The molecule has 2 N–H and O–H groups in total. The van der Waals surface area contributed by atoms with Gasteiger partial charge in [-0.15, -0.1) is 0 Å². The Hall–Kier alpha value is -1.81. The van der Waals surface area contributed by atoms with Gasteiger partial charge < -0.3 is 10.1 Å². The van der Waals surface area contributed by atoms with Crippen LogP contribution in [0.3, 0.4) is 0 Å². The van der Waals surface area contributed by atoms with Crippen LogP contribution in [0, 0.1) is 6.92 Å². The molecule has 16 heavy (non-hydrogen) atoms. The number of aliphatic hydroxyl groups is 1. The molecule has 0 fully saturated rings. The van der Waals surface area contributed by atoms with E-state index < -0.39 is 6.10 Å². The lowest BCUT2D eigenvalue weighted by molar-refractivity contribution is 0.215. The zero-order chi connectivity index (χ0) is 11.7. The third-order valence-electron chi connectivity index (χ3n) is 2.83. The summed E-state index contributed by atoms with van der Waals surface area (Å²) in [6, 6.07) is 9.26. The Morgan fingerprint density at radius 2 is 1.94 bits per heavy atom. The van der Waals surface area contributed by atoms with E-state index in [1.165, 1.54) is 4.57 Å². The Morgan fingerprint density at radius 1 is 1.31 bits per heavy atom. The molecular weight excluding hydrogens is 204 g/mol. The number of nitrogens with zero attached hydrogens (tertiary/aromatic N) is 1. The van der Waals surface area contributed by atoms with Gasteiger partial charge in [-0.2, -0.15) is 0 Å². The van der Waals surface area contributed by atoms with Crippen LogP contribution in [0.25, 0.3) is 0 Å². The molecular formula is C12H14N2O2. The monoisotopic (exact) mass is 218 g/mol. The van der Waals surface area contributed by atoms with E-state index in [9.17, 15) is 9.90 Å². The summed E-state index contributed by atoms with van der Waals surface area (Å²) >= 11 is 0. The minimum Gasteiger partial charge on any atom is -0.382 e. The van der Waals surface area contributed by atoms with Crippen LogP contribution in [0.5, 0.6) is 0 Å². The number of aromatic nitrogens is 2. The molecule has 1 aromatic heterocycles. The smallest absolute Gasteiger partial charge is 0.325 e. The van der Waals surface area contributed by atoms with Gasteiger partial charge in [-0.3, -0.25) is 4.57 Å². The predicted octanol–water partition coefficient (Wildman–Crippen LogP) is 1.10. The number of hydrogen-bond acceptors (Lipinski definition) is 2. The number of hydrogen-bond donors (Lipinski definition) is 2. The first-order valence-electron chi connectivity index (χ1n) is 5.09. The highest BCUT2D eigenvalue weighted by atomic mass is 16.3. The van der Waals surface area contributed by atoms with Gasteiger partial charge in [0.15, 0.2) is 0 Å². The minimum absolute atomic E-state index is 0.206. The van der Waals surface area contributed by atoms with Crippen LogP contribution < -0.4 is 5.69 Å². The molecule has 0 aliphatic rings. The van der Waals surface area contributed by atoms with Gasteiger partial charge in [-0.05, 0) is 12.5 Å². The van der Waals surface area contributed by atoms with Crippen LogP contribution in [-0.2, 0) is 7.05 Å². The summed E-state index contributed by atoms with van der Waals surface area (Å²) in [5.41, 5.74) is 1.87. The standard InChI is InChI=1S/C12H14N2O2/c1-8-10(13-12(16)14(8)2)11(15)9-6-4-3-5-7-9/h3-7,11,15H,1-2H3,(H,13,16). The van der Waals surface area contributed by atoms with Crippen LogP contribution in [-0.4, -0.2) is 14.7 Å². The highest BCUT2D eigenvalue weighted by Gasteiger charge is 2.16. The number of nitrogens with one attached hydrogen (secondary N) is 1. The highest BCUT2D eigenvalue weighted by molar-refractivity contribution is 5.27. The van der Waals surface area contributed by atoms with Gasteiger partial charge in [0.1, 0.15) is 6.10 Å². The number of H-pyrrole nitrogens is 1. The fourth-order valence-corrected chi connectivity index (χ4v) is 1.69. The second kappa shape index (κ2) is 3.98. The van der Waals surface area contributed by atoms with Gasteiger partial charge in [0, 0.05) is 12.7 Å². The molecule has 4 nitrogen and oxygen atoms in total. The van der Waals surface area contributed by atoms with E-state index in [1.807, 2.05) is 30.3 Å². The van der Waals surface area contributed by atoms with E-state index in [-0.39, 0.29) is 5.69 Å². The summed E-state index contributed by atoms with van der Waals surface area (Å²) in [6.45, 7) is 1.80. The van der Waals surface area contributed by atoms with E-state index in [1.54, 1.807) is 14.0 Å². The average molecular weight is 218 g/mol. The quantitative estimate of drug-likeness (QED) is 0.793. The first-order valence-corrected chi connectivity index (χ1v) is 5.09. The molecule has 4 heteroatoms. The van der Waals surface area contributed by atoms with Crippen LogP contribution in [0.2, 0.25) is 0 Å². The zero-order valence-corrected chi connectivity index (χ0v) is 9.27. The number of imidazole rings is 1. The molecule has 84 valence electrons. The molecule has 0 aliphatic carbocycles. The number of benzene rings is 1. The van der Waals surface area contributed by atoms with Crippen molar-refractivity contribution in [2.75, 3.05) is 0 Å². The zero-order valence-electron chi connectivity index (χ0n) is 9.27. The molecule has 0 bridgehead atoms. The number of rotatable bonds is 2. The molecule has 2 aromatic rings. The second-order valence-corrected chi connectivity index (χ2v) is 3.80. The van der Waals surface area contributed by atoms with Crippen molar-refractivity contribution in [1.82, 2.24) is 9.55 Å². The van der Waals surface area contributed by atoms with Crippen LogP contribution in [0.15, 0.2) is 35.1 Å². The van der Waals surface area contributed by atoms with Gasteiger partial charge >= 0.3 is 5.69 Å². The molecule has 0 saturated carbocycles. The predicted molar refractivity (Wildman–Crippen MR) is 61.3 cm³/mol. The average Bonchev–Trinajstić information content (AvgIpc) is 2.57. The second-order valence-electron chi connectivity index (χ2n) is 3.80. The maximum absolute atomic E-state index is 11.4. The lowest BCUT2D eigenvalue weighted by atomic mass is 10.1. The largest absolute Gasteiger partial charge is 0.382 e. The van der Waals surface area contributed by atoms with E-state index in [0.29, 0.717) is 5.69 Å². The summed E-state index contributed by atoms with van der Waals surface area (Å²) in [5.74, 6) is 0. The molecule has 0 amide bonds. The van der Waals surface area contributed by atoms with Gasteiger partial charge in [-0.1, -0.05) is 30.3 Å². The molecule has 1 aromatic carbocycles. The molecule has 0 radical (unpaired) electrons. The topological polar surface area (TPSA) is 58.0 Å². The fraction of sp³-hybridized carbons (Fsp3) is 0.250. The molecule has 1 unspecified atom stereocenters. The third kappa shape index (κ3) is 1.67. The molecule has 2 rings (SSSR count). The Balaban J connectivity index is 2.46. The number of aliphatic hydroxyl groups excluding tert-OH is 1. The van der Waals surface area contributed by atoms with Crippen molar-refractivity contribution in [1.29, 1.82) is 0 Å². The Kier molecular flexibility index (Phi) is 2.66. The van der Waals surface area contributed by atoms with Crippen molar-refractivity contribution >= 4 is 0 Å². The summed E-state index contributed by atoms with van der Waals surface area (Å²) in [6.07, 6.45) is -0.782. The van der Waals surface area contributed by atoms with Crippen molar-refractivity contribution in [2.24, 2.45) is 7.05 Å². The van der Waals surface area contributed by atoms with Gasteiger partial charge in [0.25, 0.3) is 0 Å². The Bertz CT molecular complexity index is 540. The van der Waals surface area contributed by atoms with E-state index in [2.05, 4.69) is 4.98 Å². The van der Waals surface area contributed by atoms with E-state index >= 15 is 0 Å². The molecule has 0 saturated heterocycles. The lowest BCUT2D eigenvalue weighted by Crippen LogP contribution is -2.13. The van der Waals surface area contributed by atoms with E-state index in [0.717, 1.165) is 11.3 Å². The molecule has 1 atom stereocenters. The van der Waals surface area contributed by atoms with Gasteiger partial charge in [0.05, 0.1) is 5.69 Å². The van der Waals surface area contributed by atoms with Gasteiger partial charge in [0.2, 0.25) is 0 Å². The maximum Gasteiger partial charge on any atom is 0.325 e. The maximum atomic E-state index is 11.4. The van der Waals surface area contributed by atoms with Crippen LogP contribution in [0.1, 0.15) is 23.1 Å². The van der Waals surface area contributed by atoms with Gasteiger partial charge in [-0.25, -0.2) is 4.79 Å². The SMILES string of the molecule is Cc1c(C(O)c2ccccc2)[nH]c(=O)n1C. The minimum atomic E-state index is -0.782. The molecule has 1 heterocycles. The van der Waals surface area contributed by atoms with Crippen molar-refractivity contribution in [3.8, 4) is 0 Å². The molecule has 0 aliphatic heterocycles. The van der Waals surface area contributed by atoms with Crippen molar-refractivity contribution in [2.45, 2.75) is 13.0 Å². The van der Waals surface area contributed by atoms with Crippen molar-refractivity contribution < 1.29 is 5.11 Å². The van der Waals surface area contributed by atoms with Crippen LogP contribution >= 0.6 is 0 Å². The third-order valence-corrected chi connectivity index (χ3v) is 2.83. The summed E-state index contributed by atoms with van der Waals surface area (Å²) in [7, 11) is 1.68. The summed E-state index contributed by atoms with van der Waals surface area (Å²) < 4.78 is 1.49. The molecule has 0 spiro atoms. The first-order chi connectivity index (χ1) is 7.61. The fourth-order valence-electron chi connectivity index (χ4n) is 1.69. The van der Waals surface area contributed by atoms with E-state index in [4.69, 9.17) is 0 Å². The Labute approximate surface area is 93.2 Å². The summed E-state index contributed by atoms with van der Waals surface area (Å²) in [4.78, 5) is 14.1. The van der Waals surface area contributed by atoms with Crippen molar-refractivity contribution in [3.05, 3.63) is 57.8 Å². The van der Waals surface area contributed by atoms with Crippen molar-refractivity contribution in [3.63, 3.8) is 0 Å². The number of aromatic amines is 1. The Morgan fingerprint density at radius 3 is 2.44 bits per heavy atom. The van der Waals surface area contributed by atoms with Crippen LogP contribution in [0.4, 0.5) is 0 Å².